The Kier molecular flexibility index (Phi) is 3.62. The molecule has 0 radical (unpaired) electrons. The van der Waals surface area contributed by atoms with E-state index in [0.29, 0.717) is 17.0 Å². The van der Waals surface area contributed by atoms with Gasteiger partial charge in [-0.2, -0.15) is 4.98 Å². The molecule has 0 N–H and O–H groups in total. The molecule has 0 unspecified atom stereocenters. The maximum atomic E-state index is 6.24. The van der Waals surface area contributed by atoms with E-state index in [2.05, 4.69) is 35.9 Å². The molecule has 0 bridgehead atoms. The molecule has 0 aliphatic heterocycles. The molecular formula is C17H19ClN2O. The van der Waals surface area contributed by atoms with E-state index in [-0.39, 0.29) is 0 Å². The van der Waals surface area contributed by atoms with Gasteiger partial charge in [0.05, 0.1) is 0 Å². The Morgan fingerprint density at radius 1 is 1.00 bits per heavy atom. The minimum atomic E-state index is 0.449. The van der Waals surface area contributed by atoms with Gasteiger partial charge in [0.1, 0.15) is 16.7 Å². The fourth-order valence-corrected chi connectivity index (χ4v) is 2.46. The monoisotopic (exact) mass is 302 g/mol. The van der Waals surface area contributed by atoms with Gasteiger partial charge >= 0.3 is 0 Å². The van der Waals surface area contributed by atoms with Crippen LogP contribution >= 0.6 is 11.6 Å². The molecule has 2 aromatic rings. The molecule has 1 fully saturated rings. The number of hydrogen-bond donors (Lipinski definition) is 0. The van der Waals surface area contributed by atoms with Crippen molar-refractivity contribution in [1.82, 2.24) is 9.97 Å². The van der Waals surface area contributed by atoms with Crippen LogP contribution in [0.3, 0.4) is 0 Å². The number of nitrogens with zero attached hydrogens (tertiary/aromatic N) is 2. The second-order valence-electron chi connectivity index (χ2n) is 5.83. The minimum Gasteiger partial charge on any atom is -0.438 e. The maximum absolute atomic E-state index is 6.24. The van der Waals surface area contributed by atoms with Crippen LogP contribution in [0, 0.1) is 27.7 Å². The second-order valence-corrected chi connectivity index (χ2v) is 6.19. The topological polar surface area (TPSA) is 35.0 Å². The molecule has 1 saturated carbocycles. The number of rotatable bonds is 3. The van der Waals surface area contributed by atoms with Crippen molar-refractivity contribution in [3.05, 3.63) is 45.4 Å². The Bertz CT molecular complexity index is 708. The molecule has 4 heteroatoms. The van der Waals surface area contributed by atoms with Crippen LogP contribution in [0.1, 0.15) is 46.8 Å². The molecule has 3 nitrogen and oxygen atoms in total. The third kappa shape index (κ3) is 2.75. The van der Waals surface area contributed by atoms with Crippen molar-refractivity contribution < 1.29 is 4.74 Å². The van der Waals surface area contributed by atoms with Crippen LogP contribution in [0.2, 0.25) is 5.15 Å². The minimum absolute atomic E-state index is 0.449. The molecule has 1 aliphatic rings. The van der Waals surface area contributed by atoms with Gasteiger partial charge in [-0.05, 0) is 57.2 Å². The zero-order chi connectivity index (χ0) is 15.1. The lowest BCUT2D eigenvalue weighted by Gasteiger charge is -2.15. The molecule has 110 valence electrons. The van der Waals surface area contributed by atoms with E-state index in [1.165, 1.54) is 5.56 Å². The van der Waals surface area contributed by atoms with Crippen LogP contribution < -0.4 is 4.74 Å². The lowest BCUT2D eigenvalue weighted by Crippen LogP contribution is -2.02. The van der Waals surface area contributed by atoms with Gasteiger partial charge in [0.2, 0.25) is 5.88 Å². The fraction of sp³-hybridized carbons (Fsp3) is 0.412. The van der Waals surface area contributed by atoms with Crippen LogP contribution in [-0.4, -0.2) is 9.97 Å². The van der Waals surface area contributed by atoms with E-state index in [0.717, 1.165) is 41.1 Å². The van der Waals surface area contributed by atoms with Crippen molar-refractivity contribution >= 4 is 11.6 Å². The SMILES string of the molecule is Cc1ccc(C)c(Oc2nc(C3CC3)nc(Cl)c2C)c1C. The summed E-state index contributed by atoms with van der Waals surface area (Å²) in [4.78, 5) is 8.96. The fourth-order valence-electron chi connectivity index (χ4n) is 2.29. The Balaban J connectivity index is 2.04. The highest BCUT2D eigenvalue weighted by molar-refractivity contribution is 6.30. The molecule has 0 saturated heterocycles. The van der Waals surface area contributed by atoms with Gasteiger partial charge in [-0.1, -0.05) is 23.7 Å². The van der Waals surface area contributed by atoms with Crippen molar-refractivity contribution in [1.29, 1.82) is 0 Å². The van der Waals surface area contributed by atoms with E-state index < -0.39 is 0 Å². The molecule has 21 heavy (non-hydrogen) atoms. The average Bonchev–Trinajstić information content (AvgIpc) is 3.28. The van der Waals surface area contributed by atoms with E-state index in [1.807, 2.05) is 13.8 Å². The summed E-state index contributed by atoms with van der Waals surface area (Å²) in [5.41, 5.74) is 4.23. The van der Waals surface area contributed by atoms with Gasteiger partial charge in [-0.15, -0.1) is 0 Å². The summed E-state index contributed by atoms with van der Waals surface area (Å²) >= 11 is 6.24. The smallest absolute Gasteiger partial charge is 0.227 e. The Labute approximate surface area is 130 Å². The van der Waals surface area contributed by atoms with Gasteiger partial charge in [0, 0.05) is 11.5 Å². The first-order chi connectivity index (χ1) is 9.97. The van der Waals surface area contributed by atoms with Crippen molar-refractivity contribution in [2.75, 3.05) is 0 Å². The molecule has 1 aromatic carbocycles. The summed E-state index contributed by atoms with van der Waals surface area (Å²) in [5.74, 6) is 2.71. The van der Waals surface area contributed by atoms with Gasteiger partial charge in [0.15, 0.2) is 0 Å². The molecular weight excluding hydrogens is 284 g/mol. The summed E-state index contributed by atoms with van der Waals surface area (Å²) in [7, 11) is 0. The summed E-state index contributed by atoms with van der Waals surface area (Å²) in [6.07, 6.45) is 2.28. The summed E-state index contributed by atoms with van der Waals surface area (Å²) in [5, 5.41) is 0.491. The van der Waals surface area contributed by atoms with Gasteiger partial charge < -0.3 is 4.74 Å². The van der Waals surface area contributed by atoms with Crippen LogP contribution in [0.5, 0.6) is 11.6 Å². The van der Waals surface area contributed by atoms with Gasteiger partial charge in [0.25, 0.3) is 0 Å². The molecule has 0 spiro atoms. The predicted octanol–water partition coefficient (Wildman–Crippen LogP) is 5.03. The average molecular weight is 303 g/mol. The highest BCUT2D eigenvalue weighted by Crippen LogP contribution is 2.41. The number of hydrogen-bond acceptors (Lipinski definition) is 3. The van der Waals surface area contributed by atoms with Gasteiger partial charge in [-0.3, -0.25) is 0 Å². The predicted molar refractivity (Wildman–Crippen MR) is 84.5 cm³/mol. The van der Waals surface area contributed by atoms with E-state index in [1.54, 1.807) is 0 Å². The largest absolute Gasteiger partial charge is 0.438 e. The Morgan fingerprint density at radius 3 is 2.33 bits per heavy atom. The van der Waals surface area contributed by atoms with Crippen molar-refractivity contribution in [3.63, 3.8) is 0 Å². The zero-order valence-electron chi connectivity index (χ0n) is 12.8. The van der Waals surface area contributed by atoms with E-state index in [9.17, 15) is 0 Å². The zero-order valence-corrected chi connectivity index (χ0v) is 13.6. The number of halogens is 1. The third-order valence-electron chi connectivity index (χ3n) is 4.07. The normalized spacial score (nSPS) is 14.3. The Morgan fingerprint density at radius 2 is 1.67 bits per heavy atom. The van der Waals surface area contributed by atoms with E-state index in [4.69, 9.17) is 16.3 Å². The highest BCUT2D eigenvalue weighted by atomic mass is 35.5. The van der Waals surface area contributed by atoms with Gasteiger partial charge in [-0.25, -0.2) is 4.98 Å². The molecule has 1 aromatic heterocycles. The summed E-state index contributed by atoms with van der Waals surface area (Å²) < 4.78 is 6.12. The summed E-state index contributed by atoms with van der Waals surface area (Å²) in [6, 6.07) is 4.17. The first-order valence-electron chi connectivity index (χ1n) is 7.26. The molecule has 0 atom stereocenters. The van der Waals surface area contributed by atoms with Crippen molar-refractivity contribution in [2.24, 2.45) is 0 Å². The van der Waals surface area contributed by atoms with Crippen molar-refractivity contribution in [3.8, 4) is 11.6 Å². The number of benzene rings is 1. The standard InChI is InChI=1S/C17H19ClN2O/c1-9-5-6-10(2)14(11(9)3)21-17-12(4)15(18)19-16(20-17)13-7-8-13/h5-6,13H,7-8H2,1-4H3. The van der Waals surface area contributed by atoms with Crippen LogP contribution in [0.15, 0.2) is 12.1 Å². The molecule has 0 amide bonds. The lowest BCUT2D eigenvalue weighted by atomic mass is 10.1. The lowest BCUT2D eigenvalue weighted by molar-refractivity contribution is 0.447. The molecule has 3 rings (SSSR count). The van der Waals surface area contributed by atoms with Crippen molar-refractivity contribution in [2.45, 2.75) is 46.5 Å². The molecule has 1 heterocycles. The quantitative estimate of drug-likeness (QED) is 0.746. The Hall–Kier alpha value is -1.61. The third-order valence-corrected chi connectivity index (χ3v) is 4.44. The molecule has 1 aliphatic carbocycles. The van der Waals surface area contributed by atoms with Crippen LogP contribution in [0.25, 0.3) is 0 Å². The second kappa shape index (κ2) is 5.30. The van der Waals surface area contributed by atoms with Crippen LogP contribution in [0.4, 0.5) is 0 Å². The number of aryl methyl sites for hydroxylation is 2. The number of ether oxygens (including phenoxy) is 1. The number of aromatic nitrogens is 2. The highest BCUT2D eigenvalue weighted by Gasteiger charge is 2.28. The summed E-state index contributed by atoms with van der Waals surface area (Å²) in [6.45, 7) is 8.09. The first kappa shape index (κ1) is 14.3. The van der Waals surface area contributed by atoms with E-state index >= 15 is 0 Å². The van der Waals surface area contributed by atoms with Crippen LogP contribution in [-0.2, 0) is 0 Å². The maximum Gasteiger partial charge on any atom is 0.227 e. The first-order valence-corrected chi connectivity index (χ1v) is 7.64.